The molecule has 2 aromatic rings. The van der Waals surface area contributed by atoms with Crippen LogP contribution in [0.5, 0.6) is 0 Å². The van der Waals surface area contributed by atoms with Crippen LogP contribution in [0.1, 0.15) is 5.69 Å². The number of hydrogen-bond donors (Lipinski definition) is 1. The smallest absolute Gasteiger partial charge is 0.109 e. The molecule has 0 atom stereocenters. The lowest BCUT2D eigenvalue weighted by molar-refractivity contribution is 0.276. The van der Waals surface area contributed by atoms with Gasteiger partial charge in [-0.15, -0.1) is 5.10 Å². The van der Waals surface area contributed by atoms with Crippen molar-refractivity contribution in [3.05, 3.63) is 39.7 Å². The van der Waals surface area contributed by atoms with E-state index in [1.54, 1.807) is 10.9 Å². The van der Waals surface area contributed by atoms with Crippen molar-refractivity contribution < 1.29 is 5.11 Å². The van der Waals surface area contributed by atoms with E-state index in [2.05, 4.69) is 32.9 Å². The molecule has 5 heteroatoms. The molecule has 0 spiro atoms. The van der Waals surface area contributed by atoms with Gasteiger partial charge in [-0.25, -0.2) is 4.68 Å². The van der Waals surface area contributed by atoms with Crippen molar-refractivity contribution in [2.45, 2.75) is 6.61 Å². The van der Waals surface area contributed by atoms with Crippen LogP contribution in [0, 0.1) is 3.57 Å². The third-order valence-corrected chi connectivity index (χ3v) is 2.71. The van der Waals surface area contributed by atoms with Crippen LogP contribution in [0.3, 0.4) is 0 Å². The largest absolute Gasteiger partial charge is 0.390 e. The summed E-state index contributed by atoms with van der Waals surface area (Å²) in [7, 11) is 0. The minimum atomic E-state index is -0.0799. The first-order chi connectivity index (χ1) is 6.81. The van der Waals surface area contributed by atoms with Crippen LogP contribution in [-0.4, -0.2) is 20.1 Å². The Morgan fingerprint density at radius 1 is 1.36 bits per heavy atom. The lowest BCUT2D eigenvalue weighted by atomic mass is 10.3. The molecule has 0 fully saturated rings. The van der Waals surface area contributed by atoms with Crippen LogP contribution < -0.4 is 0 Å². The number of hydrogen-bond acceptors (Lipinski definition) is 3. The SMILES string of the molecule is OCc1cn(-c2ccccc2I)nn1. The van der Waals surface area contributed by atoms with Gasteiger partial charge in [-0.05, 0) is 34.7 Å². The molecule has 1 heterocycles. The summed E-state index contributed by atoms with van der Waals surface area (Å²) < 4.78 is 2.76. The molecule has 1 aromatic carbocycles. The van der Waals surface area contributed by atoms with Gasteiger partial charge >= 0.3 is 0 Å². The van der Waals surface area contributed by atoms with Crippen LogP contribution >= 0.6 is 22.6 Å². The molecule has 0 aliphatic rings. The Balaban J connectivity index is 2.44. The first-order valence-electron chi connectivity index (χ1n) is 4.08. The lowest BCUT2D eigenvalue weighted by Crippen LogP contribution is -1.97. The fraction of sp³-hybridized carbons (Fsp3) is 0.111. The average Bonchev–Trinajstić information content (AvgIpc) is 2.67. The van der Waals surface area contributed by atoms with Crippen molar-refractivity contribution >= 4 is 22.6 Å². The standard InChI is InChI=1S/C9H8IN3O/c10-8-3-1-2-4-9(8)13-5-7(6-14)11-12-13/h1-5,14H,6H2. The van der Waals surface area contributed by atoms with Crippen molar-refractivity contribution in [3.8, 4) is 5.69 Å². The summed E-state index contributed by atoms with van der Waals surface area (Å²) in [5.74, 6) is 0. The molecule has 1 aromatic heterocycles. The van der Waals surface area contributed by atoms with Gasteiger partial charge in [0, 0.05) is 3.57 Å². The van der Waals surface area contributed by atoms with Crippen LogP contribution in [0.4, 0.5) is 0 Å². The zero-order valence-electron chi connectivity index (χ0n) is 7.26. The monoisotopic (exact) mass is 301 g/mol. The maximum absolute atomic E-state index is 8.85. The molecule has 0 radical (unpaired) electrons. The van der Waals surface area contributed by atoms with Gasteiger partial charge in [0.25, 0.3) is 0 Å². The number of rotatable bonds is 2. The van der Waals surface area contributed by atoms with E-state index in [0.29, 0.717) is 5.69 Å². The number of aromatic nitrogens is 3. The van der Waals surface area contributed by atoms with Crippen molar-refractivity contribution in [2.24, 2.45) is 0 Å². The van der Waals surface area contributed by atoms with Crippen molar-refractivity contribution in [2.75, 3.05) is 0 Å². The Labute approximate surface area is 94.7 Å². The van der Waals surface area contributed by atoms with E-state index in [-0.39, 0.29) is 6.61 Å². The number of nitrogens with zero attached hydrogens (tertiary/aromatic N) is 3. The highest BCUT2D eigenvalue weighted by molar-refractivity contribution is 14.1. The van der Waals surface area contributed by atoms with E-state index in [4.69, 9.17) is 5.11 Å². The summed E-state index contributed by atoms with van der Waals surface area (Å²) in [6.45, 7) is -0.0799. The molecule has 4 nitrogen and oxygen atoms in total. The molecule has 0 bridgehead atoms. The Morgan fingerprint density at radius 2 is 2.14 bits per heavy atom. The van der Waals surface area contributed by atoms with Gasteiger partial charge < -0.3 is 5.11 Å². The summed E-state index contributed by atoms with van der Waals surface area (Å²) in [5.41, 5.74) is 1.55. The third-order valence-electron chi connectivity index (χ3n) is 1.80. The van der Waals surface area contributed by atoms with Gasteiger partial charge in [-0.2, -0.15) is 0 Å². The van der Waals surface area contributed by atoms with Gasteiger partial charge in [-0.1, -0.05) is 17.3 Å². The van der Waals surface area contributed by atoms with Gasteiger partial charge in [-0.3, -0.25) is 0 Å². The molecule has 14 heavy (non-hydrogen) atoms. The number of halogens is 1. The number of para-hydroxylation sites is 1. The molecule has 0 saturated carbocycles. The van der Waals surface area contributed by atoms with Gasteiger partial charge in [0.1, 0.15) is 5.69 Å². The highest BCUT2D eigenvalue weighted by atomic mass is 127. The van der Waals surface area contributed by atoms with E-state index < -0.39 is 0 Å². The van der Waals surface area contributed by atoms with E-state index in [1.165, 1.54) is 0 Å². The van der Waals surface area contributed by atoms with Crippen LogP contribution in [0.2, 0.25) is 0 Å². The predicted molar refractivity (Wildman–Crippen MR) is 60.0 cm³/mol. The maximum atomic E-state index is 8.85. The summed E-state index contributed by atoms with van der Waals surface area (Å²) >= 11 is 2.23. The molecule has 0 aliphatic heterocycles. The molecule has 1 N–H and O–H groups in total. The zero-order valence-corrected chi connectivity index (χ0v) is 9.42. The Bertz CT molecular complexity index is 441. The normalized spacial score (nSPS) is 10.4. The first-order valence-corrected chi connectivity index (χ1v) is 5.16. The molecule has 0 aliphatic carbocycles. The quantitative estimate of drug-likeness (QED) is 0.852. The fourth-order valence-electron chi connectivity index (χ4n) is 1.13. The summed E-state index contributed by atoms with van der Waals surface area (Å²) in [6, 6.07) is 7.86. The number of aliphatic hydroxyl groups is 1. The number of aliphatic hydroxyl groups excluding tert-OH is 1. The second kappa shape index (κ2) is 4.05. The second-order valence-electron chi connectivity index (χ2n) is 2.76. The molecule has 0 saturated heterocycles. The summed E-state index contributed by atoms with van der Waals surface area (Å²) in [5, 5.41) is 16.6. The van der Waals surface area contributed by atoms with E-state index in [9.17, 15) is 0 Å². The predicted octanol–water partition coefficient (Wildman–Crippen LogP) is 1.36. The fourth-order valence-corrected chi connectivity index (χ4v) is 1.76. The molecular formula is C9H8IN3O. The maximum Gasteiger partial charge on any atom is 0.109 e. The van der Waals surface area contributed by atoms with Crippen molar-refractivity contribution in [1.29, 1.82) is 0 Å². The summed E-state index contributed by atoms with van der Waals surface area (Å²) in [4.78, 5) is 0. The van der Waals surface area contributed by atoms with E-state index in [0.717, 1.165) is 9.26 Å². The third kappa shape index (κ3) is 1.78. The van der Waals surface area contributed by atoms with Crippen LogP contribution in [0.15, 0.2) is 30.5 Å². The minimum Gasteiger partial charge on any atom is -0.390 e. The van der Waals surface area contributed by atoms with Crippen LogP contribution in [-0.2, 0) is 6.61 Å². The molecule has 2 rings (SSSR count). The molecule has 0 amide bonds. The molecular weight excluding hydrogens is 293 g/mol. The van der Waals surface area contributed by atoms with Crippen LogP contribution in [0.25, 0.3) is 5.69 Å². The molecule has 72 valence electrons. The van der Waals surface area contributed by atoms with Crippen molar-refractivity contribution in [1.82, 2.24) is 15.0 Å². The van der Waals surface area contributed by atoms with Crippen molar-refractivity contribution in [3.63, 3.8) is 0 Å². The second-order valence-corrected chi connectivity index (χ2v) is 3.93. The Morgan fingerprint density at radius 3 is 2.79 bits per heavy atom. The van der Waals surface area contributed by atoms with Gasteiger partial charge in [0.2, 0.25) is 0 Å². The Hall–Kier alpha value is -0.950. The topological polar surface area (TPSA) is 50.9 Å². The first kappa shape index (κ1) is 9.60. The minimum absolute atomic E-state index is 0.0799. The Kier molecular flexibility index (Phi) is 2.78. The van der Waals surface area contributed by atoms with E-state index >= 15 is 0 Å². The highest BCUT2D eigenvalue weighted by Gasteiger charge is 2.03. The highest BCUT2D eigenvalue weighted by Crippen LogP contribution is 2.15. The lowest BCUT2D eigenvalue weighted by Gasteiger charge is -2.01. The van der Waals surface area contributed by atoms with E-state index in [1.807, 2.05) is 24.3 Å². The summed E-state index contributed by atoms with van der Waals surface area (Å²) in [6.07, 6.45) is 1.72. The zero-order chi connectivity index (χ0) is 9.97. The number of benzene rings is 1. The average molecular weight is 301 g/mol. The van der Waals surface area contributed by atoms with Gasteiger partial charge in [0.15, 0.2) is 0 Å². The van der Waals surface area contributed by atoms with Gasteiger partial charge in [0.05, 0.1) is 18.5 Å². The molecule has 0 unspecified atom stereocenters.